The molecule has 0 aliphatic rings. The first kappa shape index (κ1) is 11.0. The Labute approximate surface area is 86.8 Å². The van der Waals surface area contributed by atoms with Crippen molar-refractivity contribution in [3.05, 3.63) is 18.5 Å². The van der Waals surface area contributed by atoms with Crippen molar-refractivity contribution in [1.82, 2.24) is 9.97 Å². The Morgan fingerprint density at radius 1 is 1.43 bits per heavy atom. The van der Waals surface area contributed by atoms with Gasteiger partial charge in [-0.15, -0.1) is 0 Å². The number of thioether (sulfide) groups is 1. The zero-order chi connectivity index (χ0) is 10.6. The molecule has 4 nitrogen and oxygen atoms in total. The number of carboxylic acid groups (broad SMARTS) is 1. The van der Waals surface area contributed by atoms with E-state index in [9.17, 15) is 9.90 Å². The Morgan fingerprint density at radius 2 is 2.00 bits per heavy atom. The van der Waals surface area contributed by atoms with Crippen molar-refractivity contribution in [2.75, 3.05) is 0 Å². The molecule has 0 aliphatic carbocycles. The maximum atomic E-state index is 10.8. The minimum Gasteiger partial charge on any atom is -0.549 e. The van der Waals surface area contributed by atoms with Crippen molar-refractivity contribution in [2.24, 2.45) is 5.92 Å². The lowest BCUT2D eigenvalue weighted by molar-refractivity contribution is -0.305. The maximum absolute atomic E-state index is 10.8. The van der Waals surface area contributed by atoms with Gasteiger partial charge in [0, 0.05) is 12.4 Å². The number of aliphatic carboxylic acids is 1. The van der Waals surface area contributed by atoms with Gasteiger partial charge in [0.25, 0.3) is 0 Å². The van der Waals surface area contributed by atoms with E-state index in [0.29, 0.717) is 5.16 Å². The second-order valence-corrected chi connectivity index (χ2v) is 4.24. The Morgan fingerprint density at radius 3 is 2.43 bits per heavy atom. The van der Waals surface area contributed by atoms with Crippen molar-refractivity contribution < 1.29 is 9.90 Å². The van der Waals surface area contributed by atoms with Gasteiger partial charge in [-0.1, -0.05) is 25.6 Å². The first-order valence-corrected chi connectivity index (χ1v) is 5.13. The zero-order valence-electron chi connectivity index (χ0n) is 8.01. The number of carbonyl (C=O) groups excluding carboxylic acids is 1. The molecule has 1 heterocycles. The van der Waals surface area contributed by atoms with Crippen molar-refractivity contribution in [3.8, 4) is 0 Å². The molecule has 1 aromatic heterocycles. The van der Waals surface area contributed by atoms with Crippen LogP contribution in [-0.2, 0) is 4.79 Å². The molecule has 0 saturated carbocycles. The smallest absolute Gasteiger partial charge is 0.188 e. The summed E-state index contributed by atoms with van der Waals surface area (Å²) in [4.78, 5) is 18.6. The number of nitrogens with zero attached hydrogens (tertiary/aromatic N) is 2. The van der Waals surface area contributed by atoms with Crippen LogP contribution in [0, 0.1) is 5.92 Å². The molecule has 0 bridgehead atoms. The van der Waals surface area contributed by atoms with Gasteiger partial charge in [-0.3, -0.25) is 0 Å². The molecule has 0 fully saturated rings. The molecule has 1 rings (SSSR count). The van der Waals surface area contributed by atoms with Crippen LogP contribution >= 0.6 is 11.8 Å². The van der Waals surface area contributed by atoms with E-state index in [2.05, 4.69) is 9.97 Å². The molecule has 1 aromatic rings. The average Bonchev–Trinajstić information content (AvgIpc) is 2.15. The molecule has 0 unspecified atom stereocenters. The van der Waals surface area contributed by atoms with Gasteiger partial charge in [0.2, 0.25) is 0 Å². The van der Waals surface area contributed by atoms with Crippen molar-refractivity contribution >= 4 is 17.7 Å². The summed E-state index contributed by atoms with van der Waals surface area (Å²) in [5.74, 6) is -1.08. The molecule has 1 atom stereocenters. The van der Waals surface area contributed by atoms with Gasteiger partial charge in [-0.2, -0.15) is 0 Å². The summed E-state index contributed by atoms with van der Waals surface area (Å²) in [5, 5.41) is 10.6. The van der Waals surface area contributed by atoms with E-state index < -0.39 is 11.2 Å². The third kappa shape index (κ3) is 2.99. The van der Waals surface area contributed by atoms with Gasteiger partial charge in [0.1, 0.15) is 0 Å². The lowest BCUT2D eigenvalue weighted by Gasteiger charge is -2.19. The first-order chi connectivity index (χ1) is 6.61. The fourth-order valence-electron chi connectivity index (χ4n) is 0.916. The van der Waals surface area contributed by atoms with Gasteiger partial charge in [0.15, 0.2) is 5.16 Å². The first-order valence-electron chi connectivity index (χ1n) is 4.26. The molecule has 0 amide bonds. The van der Waals surface area contributed by atoms with Crippen LogP contribution < -0.4 is 5.11 Å². The van der Waals surface area contributed by atoms with Crippen LogP contribution in [0.3, 0.4) is 0 Å². The Hall–Kier alpha value is -1.10. The van der Waals surface area contributed by atoms with Crippen LogP contribution in [0.5, 0.6) is 0 Å². The van der Waals surface area contributed by atoms with Crippen LogP contribution in [0.25, 0.3) is 0 Å². The summed E-state index contributed by atoms with van der Waals surface area (Å²) in [7, 11) is 0. The van der Waals surface area contributed by atoms with Crippen LogP contribution in [0.4, 0.5) is 0 Å². The van der Waals surface area contributed by atoms with Gasteiger partial charge in [0.05, 0.1) is 11.2 Å². The van der Waals surface area contributed by atoms with E-state index in [4.69, 9.17) is 0 Å². The number of carboxylic acids is 1. The molecule has 5 heteroatoms. The van der Waals surface area contributed by atoms with Crippen molar-refractivity contribution in [1.29, 1.82) is 0 Å². The van der Waals surface area contributed by atoms with E-state index >= 15 is 0 Å². The van der Waals surface area contributed by atoms with E-state index in [0.717, 1.165) is 11.8 Å². The predicted octanol–water partition coefficient (Wildman–Crippen LogP) is 0.343. The van der Waals surface area contributed by atoms with Crippen LogP contribution in [0.15, 0.2) is 23.6 Å². The summed E-state index contributed by atoms with van der Waals surface area (Å²) >= 11 is 1.12. The average molecular weight is 211 g/mol. The predicted molar refractivity (Wildman–Crippen MR) is 51.5 cm³/mol. The highest BCUT2D eigenvalue weighted by molar-refractivity contribution is 8.00. The second-order valence-electron chi connectivity index (χ2n) is 3.13. The number of hydrogen-bond donors (Lipinski definition) is 0. The fraction of sp³-hybridized carbons (Fsp3) is 0.444. The molecule has 0 saturated heterocycles. The standard InChI is InChI=1S/C9H12N2O2S/c1-6(2)7(8(12)13)14-9-10-4-3-5-11-9/h3-7H,1-2H3,(H,12,13)/p-1/t7-/m0/s1. The maximum Gasteiger partial charge on any atom is 0.188 e. The lowest BCUT2D eigenvalue weighted by atomic mass is 10.1. The number of aromatic nitrogens is 2. The van der Waals surface area contributed by atoms with Gasteiger partial charge in [-0.25, -0.2) is 9.97 Å². The van der Waals surface area contributed by atoms with Crippen LogP contribution in [-0.4, -0.2) is 21.2 Å². The third-order valence-corrected chi connectivity index (χ3v) is 3.02. The molecule has 0 N–H and O–H groups in total. The molecule has 0 radical (unpaired) electrons. The summed E-state index contributed by atoms with van der Waals surface area (Å²) < 4.78 is 0. The minimum atomic E-state index is -1.07. The summed E-state index contributed by atoms with van der Waals surface area (Å²) in [6, 6.07) is 1.69. The quantitative estimate of drug-likeness (QED) is 0.531. The molecule has 0 spiro atoms. The molecule has 76 valence electrons. The zero-order valence-corrected chi connectivity index (χ0v) is 8.82. The molecular weight excluding hydrogens is 200 g/mol. The molecule has 0 aromatic carbocycles. The largest absolute Gasteiger partial charge is 0.549 e. The van der Waals surface area contributed by atoms with Gasteiger partial charge >= 0.3 is 0 Å². The normalized spacial score (nSPS) is 12.8. The highest BCUT2D eigenvalue weighted by atomic mass is 32.2. The SMILES string of the molecule is CC(C)[C@H](Sc1ncccn1)C(=O)[O-]. The number of rotatable bonds is 4. The lowest BCUT2D eigenvalue weighted by Crippen LogP contribution is -2.36. The topological polar surface area (TPSA) is 65.9 Å². The van der Waals surface area contributed by atoms with Crippen molar-refractivity contribution in [3.63, 3.8) is 0 Å². The van der Waals surface area contributed by atoms with E-state index in [-0.39, 0.29) is 5.92 Å². The van der Waals surface area contributed by atoms with Crippen LogP contribution in [0.1, 0.15) is 13.8 Å². The second kappa shape index (κ2) is 4.95. The Bertz CT molecular complexity index is 303. The number of hydrogen-bond acceptors (Lipinski definition) is 5. The molecular formula is C9H11N2O2S-. The monoisotopic (exact) mass is 211 g/mol. The molecule has 14 heavy (non-hydrogen) atoms. The van der Waals surface area contributed by atoms with E-state index in [1.807, 2.05) is 13.8 Å². The molecule has 0 aliphatic heterocycles. The van der Waals surface area contributed by atoms with Gasteiger partial charge < -0.3 is 9.90 Å². The third-order valence-electron chi connectivity index (χ3n) is 1.61. The fourth-order valence-corrected chi connectivity index (χ4v) is 1.76. The van der Waals surface area contributed by atoms with Crippen LogP contribution in [0.2, 0.25) is 0 Å². The van der Waals surface area contributed by atoms with E-state index in [1.54, 1.807) is 18.5 Å². The Balaban J connectivity index is 2.70. The summed E-state index contributed by atoms with van der Waals surface area (Å²) in [5.41, 5.74) is 0. The van der Waals surface area contributed by atoms with Crippen molar-refractivity contribution in [2.45, 2.75) is 24.3 Å². The summed E-state index contributed by atoms with van der Waals surface area (Å²) in [6.07, 6.45) is 3.17. The highest BCUT2D eigenvalue weighted by Gasteiger charge is 2.17. The number of carbonyl (C=O) groups is 1. The summed E-state index contributed by atoms with van der Waals surface area (Å²) in [6.45, 7) is 3.66. The Kier molecular flexibility index (Phi) is 3.88. The van der Waals surface area contributed by atoms with Gasteiger partial charge in [-0.05, 0) is 12.0 Å². The minimum absolute atomic E-state index is 0.00574. The highest BCUT2D eigenvalue weighted by Crippen LogP contribution is 2.24. The van der Waals surface area contributed by atoms with E-state index in [1.165, 1.54) is 0 Å².